The number of carbonyl (C=O) groups excluding carboxylic acids is 1. The highest BCUT2D eigenvalue weighted by atomic mass is 16.5. The monoisotopic (exact) mass is 351 g/mol. The zero-order valence-corrected chi connectivity index (χ0v) is 15.2. The van der Waals surface area contributed by atoms with E-state index >= 15 is 0 Å². The Morgan fingerprint density at radius 1 is 1.08 bits per heavy atom. The number of likely N-dealkylation sites (tertiary alicyclic amines) is 1. The van der Waals surface area contributed by atoms with E-state index in [1.807, 2.05) is 47.5 Å². The molecule has 0 aliphatic carbocycles. The Morgan fingerprint density at radius 2 is 1.92 bits per heavy atom. The summed E-state index contributed by atoms with van der Waals surface area (Å²) in [5.74, 6) is 1.95. The molecule has 5 heteroatoms. The lowest BCUT2D eigenvalue weighted by Gasteiger charge is -2.40. The topological polar surface area (TPSA) is 45.7 Å². The number of carbonyl (C=O) groups is 1. The van der Waals surface area contributed by atoms with E-state index in [2.05, 4.69) is 16.0 Å². The van der Waals surface area contributed by atoms with Crippen molar-refractivity contribution >= 4 is 11.7 Å². The van der Waals surface area contributed by atoms with Gasteiger partial charge >= 0.3 is 0 Å². The molecule has 1 spiro atoms. The second kappa shape index (κ2) is 6.98. The van der Waals surface area contributed by atoms with Gasteiger partial charge in [0.25, 0.3) is 5.91 Å². The molecule has 2 aliphatic rings. The Morgan fingerprint density at radius 3 is 2.65 bits per heavy atom. The van der Waals surface area contributed by atoms with Gasteiger partial charge in [0.2, 0.25) is 0 Å². The molecule has 0 saturated carbocycles. The van der Waals surface area contributed by atoms with Crippen LogP contribution in [0.2, 0.25) is 0 Å². The van der Waals surface area contributed by atoms with Crippen LogP contribution in [0, 0.1) is 5.41 Å². The Hall–Kier alpha value is -2.56. The van der Waals surface area contributed by atoms with Gasteiger partial charge in [-0.1, -0.05) is 6.07 Å². The van der Waals surface area contributed by atoms with Crippen LogP contribution in [0.1, 0.15) is 29.6 Å². The highest BCUT2D eigenvalue weighted by Gasteiger charge is 2.42. The van der Waals surface area contributed by atoms with Crippen molar-refractivity contribution in [2.45, 2.75) is 19.3 Å². The van der Waals surface area contributed by atoms with Gasteiger partial charge in [0.15, 0.2) is 0 Å². The van der Waals surface area contributed by atoms with Crippen molar-refractivity contribution in [3.05, 3.63) is 54.2 Å². The molecule has 136 valence electrons. The molecular formula is C21H25N3O2. The summed E-state index contributed by atoms with van der Waals surface area (Å²) in [7, 11) is 1.64. The summed E-state index contributed by atoms with van der Waals surface area (Å²) in [5, 5.41) is 0. The van der Waals surface area contributed by atoms with Gasteiger partial charge in [-0.2, -0.15) is 0 Å². The molecule has 2 aliphatic heterocycles. The molecule has 1 aromatic carbocycles. The van der Waals surface area contributed by atoms with E-state index < -0.39 is 0 Å². The molecule has 0 unspecified atom stereocenters. The third kappa shape index (κ3) is 3.26. The van der Waals surface area contributed by atoms with Crippen molar-refractivity contribution in [2.75, 3.05) is 38.2 Å². The first kappa shape index (κ1) is 16.9. The molecule has 1 aromatic heterocycles. The van der Waals surface area contributed by atoms with E-state index in [9.17, 15) is 4.79 Å². The predicted octanol–water partition coefficient (Wildman–Crippen LogP) is 3.22. The fraction of sp³-hybridized carbons (Fsp3) is 0.429. The van der Waals surface area contributed by atoms with Gasteiger partial charge in [-0.3, -0.25) is 4.79 Å². The van der Waals surface area contributed by atoms with Crippen molar-refractivity contribution < 1.29 is 9.53 Å². The van der Waals surface area contributed by atoms with Crippen LogP contribution in [-0.2, 0) is 0 Å². The summed E-state index contributed by atoms with van der Waals surface area (Å²) in [6.07, 6.45) is 5.22. The van der Waals surface area contributed by atoms with E-state index in [-0.39, 0.29) is 11.3 Å². The smallest absolute Gasteiger partial charge is 0.253 e. The maximum atomic E-state index is 13.0. The minimum absolute atomic E-state index is 0.128. The van der Waals surface area contributed by atoms with Crippen LogP contribution >= 0.6 is 0 Å². The van der Waals surface area contributed by atoms with Crippen molar-refractivity contribution in [3.8, 4) is 5.75 Å². The van der Waals surface area contributed by atoms with Gasteiger partial charge in [-0.25, -0.2) is 4.98 Å². The maximum Gasteiger partial charge on any atom is 0.253 e. The van der Waals surface area contributed by atoms with Crippen molar-refractivity contribution in [3.63, 3.8) is 0 Å². The third-order valence-electron chi connectivity index (χ3n) is 5.70. The maximum absolute atomic E-state index is 13.0. The van der Waals surface area contributed by atoms with E-state index in [4.69, 9.17) is 4.74 Å². The van der Waals surface area contributed by atoms with Crippen molar-refractivity contribution in [1.82, 2.24) is 9.88 Å². The summed E-state index contributed by atoms with van der Waals surface area (Å²) in [6, 6.07) is 13.5. The van der Waals surface area contributed by atoms with Crippen LogP contribution in [0.5, 0.6) is 5.75 Å². The number of hydrogen-bond donors (Lipinski definition) is 0. The molecule has 0 radical (unpaired) electrons. The molecule has 5 nitrogen and oxygen atoms in total. The second-order valence-electron chi connectivity index (χ2n) is 7.42. The molecule has 4 rings (SSSR count). The fourth-order valence-corrected chi connectivity index (χ4v) is 4.30. The predicted molar refractivity (Wildman–Crippen MR) is 102 cm³/mol. The molecule has 0 bridgehead atoms. The van der Waals surface area contributed by atoms with E-state index in [1.165, 1.54) is 6.42 Å². The summed E-state index contributed by atoms with van der Waals surface area (Å²) in [5.41, 5.74) is 0.931. The lowest BCUT2D eigenvalue weighted by molar-refractivity contribution is 0.0556. The van der Waals surface area contributed by atoms with Crippen LogP contribution in [0.25, 0.3) is 0 Å². The Bertz CT molecular complexity index is 763. The number of aromatic nitrogens is 1. The minimum atomic E-state index is 0.128. The molecule has 2 aromatic rings. The van der Waals surface area contributed by atoms with E-state index in [0.29, 0.717) is 0 Å². The number of piperidine rings is 1. The molecule has 2 saturated heterocycles. The highest BCUT2D eigenvalue weighted by molar-refractivity contribution is 5.94. The van der Waals surface area contributed by atoms with Crippen LogP contribution in [-0.4, -0.2) is 49.1 Å². The largest absolute Gasteiger partial charge is 0.497 e. The summed E-state index contributed by atoms with van der Waals surface area (Å²) >= 11 is 0. The lowest BCUT2D eigenvalue weighted by Crippen LogP contribution is -2.47. The number of methoxy groups -OCH3 is 1. The lowest BCUT2D eigenvalue weighted by atomic mass is 9.79. The summed E-state index contributed by atoms with van der Waals surface area (Å²) in [6.45, 7) is 3.68. The van der Waals surface area contributed by atoms with Gasteiger partial charge in [-0.15, -0.1) is 0 Å². The molecule has 26 heavy (non-hydrogen) atoms. The minimum Gasteiger partial charge on any atom is -0.497 e. The van der Waals surface area contributed by atoms with Crippen molar-refractivity contribution in [1.29, 1.82) is 0 Å². The summed E-state index contributed by atoms with van der Waals surface area (Å²) in [4.78, 5) is 21.8. The Kier molecular flexibility index (Phi) is 4.53. The van der Waals surface area contributed by atoms with Crippen LogP contribution in [0.4, 0.5) is 5.82 Å². The van der Waals surface area contributed by atoms with E-state index in [1.54, 1.807) is 7.11 Å². The van der Waals surface area contributed by atoms with Gasteiger partial charge in [0.1, 0.15) is 11.6 Å². The van der Waals surface area contributed by atoms with Crippen LogP contribution < -0.4 is 9.64 Å². The molecule has 2 fully saturated rings. The quantitative estimate of drug-likeness (QED) is 0.852. The average Bonchev–Trinajstić information content (AvgIpc) is 3.11. The number of benzene rings is 1. The van der Waals surface area contributed by atoms with Crippen LogP contribution in [0.15, 0.2) is 48.7 Å². The average molecular weight is 351 g/mol. The van der Waals surface area contributed by atoms with Gasteiger partial charge in [0.05, 0.1) is 7.11 Å². The van der Waals surface area contributed by atoms with Crippen LogP contribution in [0.3, 0.4) is 0 Å². The molecule has 1 atom stereocenters. The number of amides is 1. The Labute approximate surface area is 154 Å². The fourth-order valence-electron chi connectivity index (χ4n) is 4.30. The molecule has 0 N–H and O–H groups in total. The number of hydrogen-bond acceptors (Lipinski definition) is 4. The zero-order valence-electron chi connectivity index (χ0n) is 15.2. The first-order valence-corrected chi connectivity index (χ1v) is 9.28. The number of nitrogens with zero attached hydrogens (tertiary/aromatic N) is 3. The number of ether oxygens (including phenoxy) is 1. The van der Waals surface area contributed by atoms with Gasteiger partial charge in [0, 0.05) is 43.4 Å². The SMILES string of the molecule is COc1ccc(C(=O)N2CCC[C@@]3(CCN(c4ccccn4)C3)C2)cc1. The van der Waals surface area contributed by atoms with Gasteiger partial charge < -0.3 is 14.5 Å². The van der Waals surface area contributed by atoms with Crippen molar-refractivity contribution in [2.24, 2.45) is 5.41 Å². The Balaban J connectivity index is 1.46. The molecular weight excluding hydrogens is 326 g/mol. The molecule has 1 amide bonds. The second-order valence-corrected chi connectivity index (χ2v) is 7.42. The number of anilines is 1. The summed E-state index contributed by atoms with van der Waals surface area (Å²) < 4.78 is 5.19. The molecule has 3 heterocycles. The van der Waals surface area contributed by atoms with Gasteiger partial charge in [-0.05, 0) is 55.7 Å². The third-order valence-corrected chi connectivity index (χ3v) is 5.70. The number of pyridine rings is 1. The first-order chi connectivity index (χ1) is 12.7. The zero-order chi connectivity index (χ0) is 18.0. The highest BCUT2D eigenvalue weighted by Crippen LogP contribution is 2.40. The standard InChI is InChI=1S/C21H25N3O2/c1-26-18-8-6-17(7-9-18)20(25)24-13-4-10-21(16-24)11-14-23(15-21)19-5-2-3-12-22-19/h2-3,5-9,12H,4,10-11,13-16H2,1H3/t21-/m0/s1. The number of rotatable bonds is 3. The first-order valence-electron chi connectivity index (χ1n) is 9.28. The van der Waals surface area contributed by atoms with E-state index in [0.717, 1.165) is 56.2 Å². The normalized spacial score (nSPS) is 22.7.